The van der Waals surface area contributed by atoms with Gasteiger partial charge in [-0.15, -0.1) is 0 Å². The van der Waals surface area contributed by atoms with Gasteiger partial charge in [-0.2, -0.15) is 0 Å². The minimum atomic E-state index is -0.459. The number of methoxy groups -OCH3 is 1. The Labute approximate surface area is 169 Å². The molecule has 2 aromatic carbocycles. The lowest BCUT2D eigenvalue weighted by Gasteiger charge is -2.20. The average molecular weight is 402 g/mol. The van der Waals surface area contributed by atoms with Crippen LogP contribution in [-0.4, -0.2) is 31.5 Å². The number of nitrogens with zero attached hydrogens (tertiary/aromatic N) is 1. The highest BCUT2D eigenvalue weighted by Gasteiger charge is 2.23. The molecule has 0 saturated carbocycles. The van der Waals surface area contributed by atoms with Crippen molar-refractivity contribution in [2.24, 2.45) is 0 Å². The quantitative estimate of drug-likeness (QED) is 0.760. The topological polar surface area (TPSA) is 70.7 Å². The first-order chi connectivity index (χ1) is 13.4. The molecule has 0 bridgehead atoms. The highest BCUT2D eigenvalue weighted by Crippen LogP contribution is 2.29. The van der Waals surface area contributed by atoms with Gasteiger partial charge in [0.25, 0.3) is 0 Å². The Morgan fingerprint density at radius 1 is 1.21 bits per heavy atom. The molecular formula is C21H24ClN3O3. The number of hydrogen-bond acceptors (Lipinski definition) is 4. The van der Waals surface area contributed by atoms with Crippen LogP contribution in [0, 0.1) is 6.92 Å². The Morgan fingerprint density at radius 3 is 2.57 bits per heavy atom. The van der Waals surface area contributed by atoms with Crippen molar-refractivity contribution >= 4 is 40.5 Å². The maximum atomic E-state index is 12.5. The van der Waals surface area contributed by atoms with Crippen LogP contribution in [0.1, 0.15) is 25.3 Å². The van der Waals surface area contributed by atoms with Crippen LogP contribution in [0.15, 0.2) is 36.4 Å². The molecule has 0 spiro atoms. The second-order valence-corrected chi connectivity index (χ2v) is 7.26. The lowest BCUT2D eigenvalue weighted by Crippen LogP contribution is -2.32. The third-order valence-electron chi connectivity index (χ3n) is 4.76. The van der Waals surface area contributed by atoms with Crippen molar-refractivity contribution in [2.45, 2.75) is 32.7 Å². The summed E-state index contributed by atoms with van der Waals surface area (Å²) in [5, 5.41) is 6.47. The molecule has 2 amide bonds. The van der Waals surface area contributed by atoms with Crippen molar-refractivity contribution in [1.82, 2.24) is 0 Å². The number of benzene rings is 2. The summed E-state index contributed by atoms with van der Waals surface area (Å²) in [4.78, 5) is 26.3. The van der Waals surface area contributed by atoms with Crippen LogP contribution in [0.2, 0.25) is 5.02 Å². The first-order valence-electron chi connectivity index (χ1n) is 9.21. The summed E-state index contributed by atoms with van der Waals surface area (Å²) in [6.07, 6.45) is 1.50. The molecule has 1 fully saturated rings. The van der Waals surface area contributed by atoms with Gasteiger partial charge in [0.05, 0.1) is 12.1 Å². The Morgan fingerprint density at radius 2 is 1.96 bits per heavy atom. The molecule has 3 rings (SSSR count). The SMILES string of the molecule is COc1ccc(NC(=O)[C@H](C)Nc2ccc(N3CCCC3=O)c(C)c2)cc1Cl. The van der Waals surface area contributed by atoms with Gasteiger partial charge >= 0.3 is 0 Å². The number of hydrogen-bond donors (Lipinski definition) is 2. The van der Waals surface area contributed by atoms with Crippen molar-refractivity contribution in [3.63, 3.8) is 0 Å². The number of nitrogens with one attached hydrogen (secondary N) is 2. The Kier molecular flexibility index (Phi) is 6.09. The van der Waals surface area contributed by atoms with E-state index in [0.29, 0.717) is 22.9 Å². The van der Waals surface area contributed by atoms with Crippen LogP contribution >= 0.6 is 11.6 Å². The highest BCUT2D eigenvalue weighted by atomic mass is 35.5. The molecule has 1 heterocycles. The number of carbonyl (C=O) groups excluding carboxylic acids is 2. The number of anilines is 3. The van der Waals surface area contributed by atoms with Crippen molar-refractivity contribution in [3.05, 3.63) is 47.0 Å². The number of rotatable bonds is 6. The molecule has 0 unspecified atom stereocenters. The fraction of sp³-hybridized carbons (Fsp3) is 0.333. The molecule has 28 heavy (non-hydrogen) atoms. The Hall–Kier alpha value is -2.73. The fourth-order valence-corrected chi connectivity index (χ4v) is 3.52. The lowest BCUT2D eigenvalue weighted by atomic mass is 10.1. The third-order valence-corrected chi connectivity index (χ3v) is 5.05. The summed E-state index contributed by atoms with van der Waals surface area (Å²) < 4.78 is 5.11. The number of amides is 2. The first kappa shape index (κ1) is 20.0. The van der Waals surface area contributed by atoms with E-state index in [1.165, 1.54) is 0 Å². The van der Waals surface area contributed by atoms with Gasteiger partial charge in [-0.25, -0.2) is 0 Å². The summed E-state index contributed by atoms with van der Waals surface area (Å²) in [6, 6.07) is 10.4. The molecule has 0 aliphatic carbocycles. The molecule has 2 aromatic rings. The van der Waals surface area contributed by atoms with Crippen LogP contribution in [0.5, 0.6) is 5.75 Å². The molecule has 1 atom stereocenters. The summed E-state index contributed by atoms with van der Waals surface area (Å²) in [5.41, 5.74) is 3.35. The minimum absolute atomic E-state index is 0.162. The number of ether oxygens (including phenoxy) is 1. The van der Waals surface area contributed by atoms with Crippen LogP contribution in [0.25, 0.3) is 0 Å². The van der Waals surface area contributed by atoms with Crippen LogP contribution < -0.4 is 20.3 Å². The van der Waals surface area contributed by atoms with E-state index in [1.54, 1.807) is 32.2 Å². The molecule has 148 valence electrons. The number of aryl methyl sites for hydroxylation is 1. The minimum Gasteiger partial charge on any atom is -0.495 e. The standard InChI is InChI=1S/C21H24ClN3O3/c1-13-11-15(6-8-18(13)25-10-4-5-20(25)26)23-14(2)21(27)24-16-7-9-19(28-3)17(22)12-16/h6-9,11-12,14,23H,4-5,10H2,1-3H3,(H,24,27)/t14-/m0/s1. The normalized spacial score (nSPS) is 14.7. The van der Waals surface area contributed by atoms with Gasteiger partial charge in [-0.05, 0) is 62.2 Å². The van der Waals surface area contributed by atoms with E-state index < -0.39 is 6.04 Å². The maximum absolute atomic E-state index is 12.5. The summed E-state index contributed by atoms with van der Waals surface area (Å²) in [7, 11) is 1.54. The van der Waals surface area contributed by atoms with Gasteiger partial charge in [0, 0.05) is 30.0 Å². The molecule has 1 aliphatic heterocycles. The van der Waals surface area contributed by atoms with Crippen LogP contribution in [0.3, 0.4) is 0 Å². The van der Waals surface area contributed by atoms with Gasteiger partial charge in [0.1, 0.15) is 11.8 Å². The molecule has 0 radical (unpaired) electrons. The fourth-order valence-electron chi connectivity index (χ4n) is 3.26. The summed E-state index contributed by atoms with van der Waals surface area (Å²) in [6.45, 7) is 4.51. The molecule has 0 aromatic heterocycles. The predicted molar refractivity (Wildman–Crippen MR) is 112 cm³/mol. The van der Waals surface area contributed by atoms with Gasteiger partial charge in [-0.3, -0.25) is 9.59 Å². The van der Waals surface area contributed by atoms with E-state index >= 15 is 0 Å². The largest absolute Gasteiger partial charge is 0.495 e. The molecule has 7 heteroatoms. The zero-order valence-corrected chi connectivity index (χ0v) is 17.0. The zero-order valence-electron chi connectivity index (χ0n) is 16.2. The average Bonchev–Trinajstić information content (AvgIpc) is 3.07. The lowest BCUT2D eigenvalue weighted by molar-refractivity contribution is -0.117. The number of halogens is 1. The van der Waals surface area contributed by atoms with E-state index in [2.05, 4.69) is 10.6 Å². The Bertz CT molecular complexity index is 900. The molecule has 1 aliphatic rings. The van der Waals surface area contributed by atoms with E-state index in [0.717, 1.165) is 29.9 Å². The van der Waals surface area contributed by atoms with Gasteiger partial charge in [0.15, 0.2) is 0 Å². The first-order valence-corrected chi connectivity index (χ1v) is 9.59. The smallest absolute Gasteiger partial charge is 0.246 e. The number of carbonyl (C=O) groups is 2. The van der Waals surface area contributed by atoms with E-state index in [9.17, 15) is 9.59 Å². The monoisotopic (exact) mass is 401 g/mol. The van der Waals surface area contributed by atoms with E-state index in [-0.39, 0.29) is 11.8 Å². The highest BCUT2D eigenvalue weighted by molar-refractivity contribution is 6.32. The molecule has 6 nitrogen and oxygen atoms in total. The molecular weight excluding hydrogens is 378 g/mol. The van der Waals surface area contributed by atoms with Gasteiger partial charge in [-0.1, -0.05) is 11.6 Å². The van der Waals surface area contributed by atoms with E-state index in [1.807, 2.05) is 30.0 Å². The third kappa shape index (κ3) is 4.39. The van der Waals surface area contributed by atoms with Crippen molar-refractivity contribution in [3.8, 4) is 5.75 Å². The van der Waals surface area contributed by atoms with Crippen molar-refractivity contribution < 1.29 is 14.3 Å². The van der Waals surface area contributed by atoms with E-state index in [4.69, 9.17) is 16.3 Å². The molecule has 1 saturated heterocycles. The Balaban J connectivity index is 1.64. The van der Waals surface area contributed by atoms with Gasteiger partial charge in [0.2, 0.25) is 11.8 Å². The van der Waals surface area contributed by atoms with Crippen molar-refractivity contribution in [1.29, 1.82) is 0 Å². The second kappa shape index (κ2) is 8.52. The van der Waals surface area contributed by atoms with Crippen LogP contribution in [-0.2, 0) is 9.59 Å². The second-order valence-electron chi connectivity index (χ2n) is 6.85. The van der Waals surface area contributed by atoms with Gasteiger partial charge < -0.3 is 20.3 Å². The summed E-state index contributed by atoms with van der Waals surface area (Å²) in [5.74, 6) is 0.533. The zero-order chi connectivity index (χ0) is 20.3. The summed E-state index contributed by atoms with van der Waals surface area (Å²) >= 11 is 6.10. The molecule has 2 N–H and O–H groups in total. The van der Waals surface area contributed by atoms with Crippen LogP contribution in [0.4, 0.5) is 17.1 Å². The maximum Gasteiger partial charge on any atom is 0.246 e. The van der Waals surface area contributed by atoms with Crippen molar-refractivity contribution in [2.75, 3.05) is 29.2 Å². The predicted octanol–water partition coefficient (Wildman–Crippen LogP) is 4.22.